The largest absolute Gasteiger partial charge is 0.356 e. The van der Waals surface area contributed by atoms with Gasteiger partial charge in [-0.1, -0.05) is 29.6 Å². The van der Waals surface area contributed by atoms with Gasteiger partial charge in [-0.15, -0.1) is 0 Å². The quantitative estimate of drug-likeness (QED) is 0.855. The summed E-state index contributed by atoms with van der Waals surface area (Å²) in [5.74, 6) is -0.115. The molecule has 0 spiro atoms. The number of halogens is 2. The first-order valence-electron chi connectivity index (χ1n) is 7.53. The molecule has 23 heavy (non-hydrogen) atoms. The number of sulfonamides is 1. The Balaban J connectivity index is 2.22. The highest BCUT2D eigenvalue weighted by molar-refractivity contribution is 7.89. The van der Waals surface area contributed by atoms with Gasteiger partial charge >= 0.3 is 0 Å². The first-order valence-corrected chi connectivity index (χ1v) is 9.73. The first kappa shape index (κ1) is 18.5. The molecule has 1 aliphatic rings. The van der Waals surface area contributed by atoms with Gasteiger partial charge in [-0.2, -0.15) is 4.31 Å². The third kappa shape index (κ3) is 4.59. The van der Waals surface area contributed by atoms with Crippen molar-refractivity contribution in [1.29, 1.82) is 0 Å². The molecule has 1 N–H and O–H groups in total. The number of nitrogens with zero attached hydrogens (tertiary/aromatic N) is 1. The van der Waals surface area contributed by atoms with E-state index in [1.807, 2.05) is 0 Å². The van der Waals surface area contributed by atoms with Crippen LogP contribution < -0.4 is 5.32 Å². The topological polar surface area (TPSA) is 66.5 Å². The predicted octanol–water partition coefficient (Wildman–Crippen LogP) is 3.06. The number of nitrogens with one attached hydrogen (secondary N) is 1. The van der Waals surface area contributed by atoms with Gasteiger partial charge in [0.05, 0.1) is 5.02 Å². The second-order valence-corrected chi connectivity index (χ2v) is 8.31. The maximum atomic E-state index is 12.9. The monoisotopic (exact) mass is 378 g/mol. The van der Waals surface area contributed by atoms with E-state index in [1.165, 1.54) is 29.4 Å². The molecule has 0 saturated carbocycles. The standard InChI is InChI=1S/C15H20Cl2N2O3S/c1-11(20)18-8-7-13-4-2-3-9-19(13)23(21,22)15-6-5-12(16)10-14(15)17/h5-6,10,13H,2-4,7-9H2,1H3,(H,18,20). The SMILES string of the molecule is CC(=O)NCCC1CCCCN1S(=O)(=O)c1ccc(Cl)cc1Cl. The summed E-state index contributed by atoms with van der Waals surface area (Å²) in [5.41, 5.74) is 0. The molecule has 1 aromatic rings. The van der Waals surface area contributed by atoms with Crippen molar-refractivity contribution in [2.75, 3.05) is 13.1 Å². The Bertz CT molecular complexity index is 679. The van der Waals surface area contributed by atoms with E-state index in [1.54, 1.807) is 0 Å². The Morgan fingerprint density at radius 3 is 2.74 bits per heavy atom. The van der Waals surface area contributed by atoms with E-state index in [2.05, 4.69) is 5.32 Å². The summed E-state index contributed by atoms with van der Waals surface area (Å²) in [5, 5.41) is 3.25. The Hall–Kier alpha value is -0.820. The second kappa shape index (κ2) is 7.83. The highest BCUT2D eigenvalue weighted by Gasteiger charge is 2.34. The van der Waals surface area contributed by atoms with Crippen LogP contribution in [0.3, 0.4) is 0 Å². The molecule has 0 bridgehead atoms. The van der Waals surface area contributed by atoms with Gasteiger partial charge < -0.3 is 5.32 Å². The van der Waals surface area contributed by atoms with Gasteiger partial charge in [0.25, 0.3) is 0 Å². The van der Waals surface area contributed by atoms with E-state index in [0.717, 1.165) is 19.3 Å². The molecule has 128 valence electrons. The molecular formula is C15H20Cl2N2O3S. The van der Waals surface area contributed by atoms with Crippen molar-refractivity contribution >= 4 is 39.1 Å². The van der Waals surface area contributed by atoms with Crippen molar-refractivity contribution in [3.8, 4) is 0 Å². The van der Waals surface area contributed by atoms with Gasteiger partial charge in [0.2, 0.25) is 15.9 Å². The lowest BCUT2D eigenvalue weighted by atomic mass is 10.0. The molecule has 0 aromatic heterocycles. The van der Waals surface area contributed by atoms with Crippen molar-refractivity contribution in [3.05, 3.63) is 28.2 Å². The Kier molecular flexibility index (Phi) is 6.31. The van der Waals surface area contributed by atoms with Crippen molar-refractivity contribution in [1.82, 2.24) is 9.62 Å². The molecular weight excluding hydrogens is 359 g/mol. The molecule has 1 heterocycles. The number of rotatable bonds is 5. The summed E-state index contributed by atoms with van der Waals surface area (Å²) in [7, 11) is -3.68. The zero-order chi connectivity index (χ0) is 17.0. The van der Waals surface area contributed by atoms with Crippen molar-refractivity contribution in [2.45, 2.75) is 43.5 Å². The summed E-state index contributed by atoms with van der Waals surface area (Å²) in [4.78, 5) is 11.1. The number of hydrogen-bond donors (Lipinski definition) is 1. The minimum atomic E-state index is -3.68. The van der Waals surface area contributed by atoms with Crippen LogP contribution in [0.2, 0.25) is 10.0 Å². The Labute approximate surface area is 147 Å². The van der Waals surface area contributed by atoms with Gasteiger partial charge in [0.1, 0.15) is 4.90 Å². The summed E-state index contributed by atoms with van der Waals surface area (Å²) in [6, 6.07) is 4.27. The summed E-state index contributed by atoms with van der Waals surface area (Å²) >= 11 is 11.9. The average Bonchev–Trinajstić information content (AvgIpc) is 2.46. The number of hydrogen-bond acceptors (Lipinski definition) is 3. The van der Waals surface area contributed by atoms with Crippen LogP contribution in [0.5, 0.6) is 0 Å². The minimum Gasteiger partial charge on any atom is -0.356 e. The van der Waals surface area contributed by atoms with Crippen molar-refractivity contribution in [2.24, 2.45) is 0 Å². The van der Waals surface area contributed by atoms with Gasteiger partial charge in [0, 0.05) is 31.1 Å². The van der Waals surface area contributed by atoms with Gasteiger partial charge in [0.15, 0.2) is 0 Å². The van der Waals surface area contributed by atoms with E-state index in [4.69, 9.17) is 23.2 Å². The highest BCUT2D eigenvalue weighted by Crippen LogP contribution is 2.31. The molecule has 1 aliphatic heterocycles. The van der Waals surface area contributed by atoms with Crippen LogP contribution >= 0.6 is 23.2 Å². The number of carbonyl (C=O) groups excluding carboxylic acids is 1. The van der Waals surface area contributed by atoms with Gasteiger partial charge in [-0.3, -0.25) is 4.79 Å². The van der Waals surface area contributed by atoms with E-state index >= 15 is 0 Å². The van der Waals surface area contributed by atoms with Crippen LogP contribution in [0, 0.1) is 0 Å². The fourth-order valence-corrected chi connectivity index (χ4v) is 5.28. The predicted molar refractivity (Wildman–Crippen MR) is 91.3 cm³/mol. The van der Waals surface area contributed by atoms with Crippen LogP contribution in [0.4, 0.5) is 0 Å². The van der Waals surface area contributed by atoms with E-state index < -0.39 is 10.0 Å². The smallest absolute Gasteiger partial charge is 0.244 e. The minimum absolute atomic E-state index is 0.0787. The molecule has 1 unspecified atom stereocenters. The number of piperidine rings is 1. The molecule has 1 fully saturated rings. The van der Waals surface area contributed by atoms with Crippen LogP contribution in [0.25, 0.3) is 0 Å². The molecule has 0 radical (unpaired) electrons. The molecule has 1 amide bonds. The van der Waals surface area contributed by atoms with Gasteiger partial charge in [-0.05, 0) is 37.5 Å². The maximum absolute atomic E-state index is 12.9. The normalized spacial score (nSPS) is 19.5. The van der Waals surface area contributed by atoms with E-state index in [0.29, 0.717) is 24.5 Å². The third-order valence-corrected chi connectivity index (χ3v) is 6.58. The fourth-order valence-electron chi connectivity index (χ4n) is 2.80. The summed E-state index contributed by atoms with van der Waals surface area (Å²) in [6.07, 6.45) is 3.17. The van der Waals surface area contributed by atoms with Crippen molar-refractivity contribution in [3.63, 3.8) is 0 Å². The lowest BCUT2D eigenvalue weighted by Crippen LogP contribution is -2.45. The lowest BCUT2D eigenvalue weighted by molar-refractivity contribution is -0.119. The molecule has 8 heteroatoms. The molecule has 1 saturated heterocycles. The fraction of sp³-hybridized carbons (Fsp3) is 0.533. The van der Waals surface area contributed by atoms with E-state index in [-0.39, 0.29) is 21.9 Å². The number of amides is 1. The average molecular weight is 379 g/mol. The van der Waals surface area contributed by atoms with E-state index in [9.17, 15) is 13.2 Å². The number of carbonyl (C=O) groups is 1. The van der Waals surface area contributed by atoms with Crippen molar-refractivity contribution < 1.29 is 13.2 Å². The summed E-state index contributed by atoms with van der Waals surface area (Å²) in [6.45, 7) is 2.37. The Morgan fingerprint density at radius 2 is 2.09 bits per heavy atom. The highest BCUT2D eigenvalue weighted by atomic mass is 35.5. The molecule has 5 nitrogen and oxygen atoms in total. The van der Waals surface area contributed by atoms with Crippen LogP contribution in [0.15, 0.2) is 23.1 Å². The number of benzene rings is 1. The van der Waals surface area contributed by atoms with Crippen LogP contribution in [0.1, 0.15) is 32.6 Å². The van der Waals surface area contributed by atoms with Crippen LogP contribution in [-0.2, 0) is 14.8 Å². The Morgan fingerprint density at radius 1 is 1.35 bits per heavy atom. The van der Waals surface area contributed by atoms with Gasteiger partial charge in [-0.25, -0.2) is 8.42 Å². The molecule has 0 aliphatic carbocycles. The maximum Gasteiger partial charge on any atom is 0.244 e. The third-order valence-electron chi connectivity index (χ3n) is 3.91. The molecule has 1 aromatic carbocycles. The zero-order valence-electron chi connectivity index (χ0n) is 12.9. The lowest BCUT2D eigenvalue weighted by Gasteiger charge is -2.35. The molecule has 1 atom stereocenters. The second-order valence-electron chi connectivity index (χ2n) is 5.61. The van der Waals surface area contributed by atoms with Crippen LogP contribution in [-0.4, -0.2) is 37.8 Å². The summed E-state index contributed by atoms with van der Waals surface area (Å²) < 4.78 is 27.4. The first-order chi connectivity index (χ1) is 10.8. The zero-order valence-corrected chi connectivity index (χ0v) is 15.2. The molecule has 2 rings (SSSR count).